The van der Waals surface area contributed by atoms with Crippen LogP contribution in [0.2, 0.25) is 0 Å². The highest BCUT2D eigenvalue weighted by atomic mass is 16.4. The summed E-state index contributed by atoms with van der Waals surface area (Å²) >= 11 is 0. The van der Waals surface area contributed by atoms with E-state index in [1.54, 1.807) is 12.1 Å². The Morgan fingerprint density at radius 2 is 2.17 bits per heavy atom. The predicted molar refractivity (Wildman–Crippen MR) is 66.9 cm³/mol. The molecule has 0 spiro atoms. The molecule has 0 fully saturated rings. The zero-order valence-electron chi connectivity index (χ0n) is 10.3. The first-order valence-electron chi connectivity index (χ1n) is 5.73. The van der Waals surface area contributed by atoms with Crippen LogP contribution in [0.15, 0.2) is 18.3 Å². The van der Waals surface area contributed by atoms with Crippen molar-refractivity contribution in [1.29, 1.82) is 0 Å². The molecule has 0 aliphatic carbocycles. The van der Waals surface area contributed by atoms with E-state index >= 15 is 0 Å². The van der Waals surface area contributed by atoms with Crippen molar-refractivity contribution in [2.24, 2.45) is 0 Å². The second kappa shape index (κ2) is 6.58. The summed E-state index contributed by atoms with van der Waals surface area (Å²) in [5.74, 6) is -1.04. The molecular weight excluding hydrogens is 234 g/mol. The summed E-state index contributed by atoms with van der Waals surface area (Å²) in [5, 5.41) is 8.60. The molecule has 1 rings (SSSR count). The third kappa shape index (κ3) is 4.40. The number of carbonyl (C=O) groups is 2. The summed E-state index contributed by atoms with van der Waals surface area (Å²) in [6.45, 7) is 2.52. The van der Waals surface area contributed by atoms with Crippen LogP contribution < -0.4 is 5.73 Å². The molecule has 0 saturated heterocycles. The molecule has 1 heterocycles. The Morgan fingerprint density at radius 3 is 2.67 bits per heavy atom. The molecule has 98 valence electrons. The van der Waals surface area contributed by atoms with Crippen molar-refractivity contribution in [3.05, 3.63) is 24.0 Å². The number of nitrogens with zero attached hydrogens (tertiary/aromatic N) is 2. The van der Waals surface area contributed by atoms with E-state index in [0.717, 1.165) is 0 Å². The lowest BCUT2D eigenvalue weighted by Gasteiger charge is -2.19. The highest BCUT2D eigenvalue weighted by molar-refractivity contribution is 5.79. The Balaban J connectivity index is 2.56. The van der Waals surface area contributed by atoms with Crippen molar-refractivity contribution in [2.75, 3.05) is 18.8 Å². The van der Waals surface area contributed by atoms with Crippen molar-refractivity contribution >= 4 is 17.6 Å². The molecule has 6 nitrogen and oxygen atoms in total. The standard InChI is InChI=1S/C12H17N3O3/c1-2-15(6-5-12(17)18)11(16)7-10-4-3-9(13)8-14-10/h3-4,8H,2,5-7,13H2,1H3,(H,17,18). The zero-order valence-corrected chi connectivity index (χ0v) is 10.3. The minimum Gasteiger partial charge on any atom is -0.481 e. The predicted octanol–water partition coefficient (Wildman–Crippen LogP) is 0.529. The van der Waals surface area contributed by atoms with Gasteiger partial charge in [0, 0.05) is 18.8 Å². The first-order chi connectivity index (χ1) is 8.52. The van der Waals surface area contributed by atoms with Crippen LogP contribution in [0.5, 0.6) is 0 Å². The molecule has 0 unspecified atom stereocenters. The number of carbonyl (C=O) groups excluding carboxylic acids is 1. The van der Waals surface area contributed by atoms with Gasteiger partial charge in [-0.2, -0.15) is 0 Å². The van der Waals surface area contributed by atoms with E-state index in [0.29, 0.717) is 17.9 Å². The van der Waals surface area contributed by atoms with Crippen molar-refractivity contribution in [1.82, 2.24) is 9.88 Å². The molecule has 1 aromatic rings. The number of pyridine rings is 1. The van der Waals surface area contributed by atoms with Gasteiger partial charge in [0.15, 0.2) is 0 Å². The number of hydrogen-bond acceptors (Lipinski definition) is 4. The molecule has 0 radical (unpaired) electrons. The number of amides is 1. The van der Waals surface area contributed by atoms with E-state index in [-0.39, 0.29) is 25.3 Å². The molecule has 0 aliphatic heterocycles. The van der Waals surface area contributed by atoms with Crippen molar-refractivity contribution in [3.8, 4) is 0 Å². The van der Waals surface area contributed by atoms with Crippen LogP contribution in [0.3, 0.4) is 0 Å². The monoisotopic (exact) mass is 251 g/mol. The summed E-state index contributed by atoms with van der Waals surface area (Å²) < 4.78 is 0. The first kappa shape index (κ1) is 14.0. The molecule has 6 heteroatoms. The Morgan fingerprint density at radius 1 is 1.44 bits per heavy atom. The summed E-state index contributed by atoms with van der Waals surface area (Å²) in [4.78, 5) is 27.9. The lowest BCUT2D eigenvalue weighted by Crippen LogP contribution is -2.34. The number of nitrogens with two attached hydrogens (primary N) is 1. The van der Waals surface area contributed by atoms with Gasteiger partial charge in [-0.05, 0) is 19.1 Å². The van der Waals surface area contributed by atoms with Gasteiger partial charge in [-0.25, -0.2) is 0 Å². The fourth-order valence-corrected chi connectivity index (χ4v) is 1.50. The summed E-state index contributed by atoms with van der Waals surface area (Å²) in [7, 11) is 0. The lowest BCUT2D eigenvalue weighted by atomic mass is 10.2. The average Bonchev–Trinajstić information content (AvgIpc) is 2.32. The van der Waals surface area contributed by atoms with Gasteiger partial charge in [-0.1, -0.05) is 0 Å². The number of rotatable bonds is 6. The Labute approximate surface area is 105 Å². The van der Waals surface area contributed by atoms with Crippen LogP contribution in [-0.4, -0.2) is 40.0 Å². The highest BCUT2D eigenvalue weighted by Gasteiger charge is 2.13. The van der Waals surface area contributed by atoms with Gasteiger partial charge in [0.05, 0.1) is 24.7 Å². The van der Waals surface area contributed by atoms with E-state index in [1.807, 2.05) is 6.92 Å². The number of carboxylic acid groups (broad SMARTS) is 1. The fourth-order valence-electron chi connectivity index (χ4n) is 1.50. The number of likely N-dealkylation sites (N-methyl/N-ethyl adjacent to an activating group) is 1. The summed E-state index contributed by atoms with van der Waals surface area (Å²) in [5.41, 5.74) is 6.67. The molecule has 1 aromatic heterocycles. The number of hydrogen-bond donors (Lipinski definition) is 2. The fraction of sp³-hybridized carbons (Fsp3) is 0.417. The van der Waals surface area contributed by atoms with Crippen molar-refractivity contribution in [3.63, 3.8) is 0 Å². The smallest absolute Gasteiger partial charge is 0.305 e. The van der Waals surface area contributed by atoms with Gasteiger partial charge < -0.3 is 15.7 Å². The Kier molecular flexibility index (Phi) is 5.10. The summed E-state index contributed by atoms with van der Waals surface area (Å²) in [6, 6.07) is 3.38. The lowest BCUT2D eigenvalue weighted by molar-refractivity contribution is -0.138. The normalized spacial score (nSPS) is 10.1. The SMILES string of the molecule is CCN(CCC(=O)O)C(=O)Cc1ccc(N)cn1. The Bertz CT molecular complexity index is 417. The van der Waals surface area contributed by atoms with Gasteiger partial charge in [0.1, 0.15) is 0 Å². The largest absolute Gasteiger partial charge is 0.481 e. The van der Waals surface area contributed by atoms with E-state index in [4.69, 9.17) is 10.8 Å². The van der Waals surface area contributed by atoms with Crippen LogP contribution in [0.1, 0.15) is 19.0 Å². The maximum atomic E-state index is 11.9. The molecule has 0 atom stereocenters. The molecular formula is C12H17N3O3. The molecule has 1 amide bonds. The van der Waals surface area contributed by atoms with Gasteiger partial charge in [0.25, 0.3) is 0 Å². The second-order valence-electron chi connectivity index (χ2n) is 3.88. The van der Waals surface area contributed by atoms with Crippen molar-refractivity contribution in [2.45, 2.75) is 19.8 Å². The minimum absolute atomic E-state index is 0.0469. The molecule has 0 aliphatic rings. The van der Waals surface area contributed by atoms with E-state index < -0.39 is 5.97 Å². The Hall–Kier alpha value is -2.11. The second-order valence-corrected chi connectivity index (χ2v) is 3.88. The molecule has 0 saturated carbocycles. The van der Waals surface area contributed by atoms with Crippen LogP contribution in [0.4, 0.5) is 5.69 Å². The van der Waals surface area contributed by atoms with Crippen LogP contribution in [0.25, 0.3) is 0 Å². The topological polar surface area (TPSA) is 96.5 Å². The minimum atomic E-state index is -0.910. The van der Waals surface area contributed by atoms with Crippen LogP contribution >= 0.6 is 0 Å². The average molecular weight is 251 g/mol. The number of nitrogen functional groups attached to an aromatic ring is 1. The maximum absolute atomic E-state index is 11.9. The molecule has 0 aromatic carbocycles. The maximum Gasteiger partial charge on any atom is 0.305 e. The van der Waals surface area contributed by atoms with E-state index in [2.05, 4.69) is 4.98 Å². The number of anilines is 1. The quantitative estimate of drug-likeness (QED) is 0.768. The van der Waals surface area contributed by atoms with Crippen LogP contribution in [0, 0.1) is 0 Å². The van der Waals surface area contributed by atoms with Crippen LogP contribution in [-0.2, 0) is 16.0 Å². The zero-order chi connectivity index (χ0) is 13.5. The van der Waals surface area contributed by atoms with E-state index in [1.165, 1.54) is 11.1 Å². The first-order valence-corrected chi connectivity index (χ1v) is 5.73. The van der Waals surface area contributed by atoms with Gasteiger partial charge >= 0.3 is 5.97 Å². The molecule has 0 bridgehead atoms. The molecule has 18 heavy (non-hydrogen) atoms. The highest BCUT2D eigenvalue weighted by Crippen LogP contribution is 2.04. The third-order valence-corrected chi connectivity index (χ3v) is 2.51. The van der Waals surface area contributed by atoms with Gasteiger partial charge in [0.2, 0.25) is 5.91 Å². The van der Waals surface area contributed by atoms with Crippen molar-refractivity contribution < 1.29 is 14.7 Å². The number of aliphatic carboxylic acids is 1. The summed E-state index contributed by atoms with van der Waals surface area (Å²) in [6.07, 6.45) is 1.61. The van der Waals surface area contributed by atoms with Gasteiger partial charge in [-0.15, -0.1) is 0 Å². The number of carboxylic acids is 1. The van der Waals surface area contributed by atoms with Gasteiger partial charge in [-0.3, -0.25) is 14.6 Å². The molecule has 3 N–H and O–H groups in total. The van der Waals surface area contributed by atoms with E-state index in [9.17, 15) is 9.59 Å². The third-order valence-electron chi connectivity index (χ3n) is 2.51. The number of aromatic nitrogens is 1.